The summed E-state index contributed by atoms with van der Waals surface area (Å²) in [7, 11) is 3.87. The van der Waals surface area contributed by atoms with Gasteiger partial charge in [-0.15, -0.1) is 0 Å². The van der Waals surface area contributed by atoms with Crippen LogP contribution in [0, 0.1) is 27.7 Å². The highest BCUT2D eigenvalue weighted by Crippen LogP contribution is 2.46. The zero-order valence-electron chi connectivity index (χ0n) is 35.1. The average Bonchev–Trinajstić information content (AvgIpc) is 3.91. The molecule has 4 aromatic heterocycles. The molecule has 60 heavy (non-hydrogen) atoms. The lowest BCUT2D eigenvalue weighted by Gasteiger charge is -2.34. The number of morpholine rings is 1. The average molecular weight is 847 g/mol. The smallest absolute Gasteiger partial charge is 0.275 e. The molecule has 0 radical (unpaired) electrons. The molecule has 14 heteroatoms. The second-order valence-electron chi connectivity index (χ2n) is 16.3. The number of carbonyl (C=O) groups is 1. The Bertz CT molecular complexity index is 2770. The third-order valence-corrected chi connectivity index (χ3v) is 12.9. The number of anilines is 1. The van der Waals surface area contributed by atoms with Gasteiger partial charge in [-0.25, -0.2) is 15.0 Å². The topological polar surface area (TPSA) is 108 Å². The SMILES string of the molecule is Cc1cc(OCCCc2c3n(c4c(-c5c(C)nc(CN6CCOCC6)nc5C)c(Cl)ccc24)[C@H](C)CN(c2cn(C)c4ccc(-c5ncn(C)n5)cc24)C3=O)cc(C)c1Cl. The molecule has 6 heterocycles. The zero-order valence-corrected chi connectivity index (χ0v) is 36.7. The van der Waals surface area contributed by atoms with Crippen molar-refractivity contribution >= 4 is 56.6 Å². The van der Waals surface area contributed by atoms with Gasteiger partial charge in [0.05, 0.1) is 42.6 Å². The third-order valence-electron chi connectivity index (χ3n) is 12.0. The van der Waals surface area contributed by atoms with Gasteiger partial charge in [0.2, 0.25) is 0 Å². The third kappa shape index (κ3) is 7.12. The van der Waals surface area contributed by atoms with E-state index < -0.39 is 0 Å². The summed E-state index contributed by atoms with van der Waals surface area (Å²) < 4.78 is 17.9. The molecule has 1 saturated heterocycles. The summed E-state index contributed by atoms with van der Waals surface area (Å²) in [5.41, 5.74) is 10.7. The fourth-order valence-corrected chi connectivity index (χ4v) is 9.53. The minimum atomic E-state index is -0.111. The quantitative estimate of drug-likeness (QED) is 0.126. The van der Waals surface area contributed by atoms with Crippen LogP contribution < -0.4 is 9.64 Å². The Kier molecular flexibility index (Phi) is 10.7. The number of ether oxygens (including phenoxy) is 2. The molecule has 0 unspecified atom stereocenters. The molecule has 0 saturated carbocycles. The summed E-state index contributed by atoms with van der Waals surface area (Å²) in [4.78, 5) is 34.3. The van der Waals surface area contributed by atoms with Crippen LogP contribution in [-0.4, -0.2) is 84.1 Å². The van der Waals surface area contributed by atoms with Crippen molar-refractivity contribution in [1.82, 2.24) is 38.8 Å². The summed E-state index contributed by atoms with van der Waals surface area (Å²) in [6.45, 7) is 14.9. The molecule has 7 aromatic rings. The molecule has 0 bridgehead atoms. The van der Waals surface area contributed by atoms with Crippen LogP contribution in [0.2, 0.25) is 10.0 Å². The van der Waals surface area contributed by atoms with Crippen molar-refractivity contribution in [2.24, 2.45) is 14.1 Å². The highest BCUT2D eigenvalue weighted by atomic mass is 35.5. The number of hydrogen-bond donors (Lipinski definition) is 0. The van der Waals surface area contributed by atoms with Crippen molar-refractivity contribution in [3.8, 4) is 28.3 Å². The van der Waals surface area contributed by atoms with E-state index in [0.717, 1.165) is 102 Å². The van der Waals surface area contributed by atoms with Gasteiger partial charge in [0, 0.05) is 95.4 Å². The van der Waals surface area contributed by atoms with Gasteiger partial charge in [0.25, 0.3) is 5.91 Å². The Labute approximate surface area is 359 Å². The minimum absolute atomic E-state index is 0.0642. The molecule has 1 fully saturated rings. The molecule has 1 atom stereocenters. The van der Waals surface area contributed by atoms with Crippen LogP contribution in [0.4, 0.5) is 5.69 Å². The van der Waals surface area contributed by atoms with E-state index in [4.69, 9.17) is 42.6 Å². The molecular weight excluding hydrogens is 797 g/mol. The summed E-state index contributed by atoms with van der Waals surface area (Å²) >= 11 is 13.7. The lowest BCUT2D eigenvalue weighted by molar-refractivity contribution is 0.0330. The molecule has 2 aliphatic rings. The van der Waals surface area contributed by atoms with Crippen LogP contribution in [-0.2, 0) is 31.8 Å². The van der Waals surface area contributed by atoms with Gasteiger partial charge in [-0.05, 0) is 101 Å². The van der Waals surface area contributed by atoms with Crippen LogP contribution in [0.3, 0.4) is 0 Å². The number of carbonyl (C=O) groups excluding carboxylic acids is 1. The summed E-state index contributed by atoms with van der Waals surface area (Å²) in [5.74, 6) is 2.13. The molecule has 1 amide bonds. The fourth-order valence-electron chi connectivity index (χ4n) is 9.18. The molecule has 12 nitrogen and oxygen atoms in total. The molecule has 3 aromatic carbocycles. The van der Waals surface area contributed by atoms with Crippen molar-refractivity contribution < 1.29 is 14.3 Å². The van der Waals surface area contributed by atoms with E-state index in [1.165, 1.54) is 0 Å². The predicted octanol–water partition coefficient (Wildman–Crippen LogP) is 8.99. The lowest BCUT2D eigenvalue weighted by atomic mass is 9.97. The number of rotatable bonds is 10. The fraction of sp³-hybridized carbons (Fsp3) is 0.370. The Morgan fingerprint density at radius 2 is 1.65 bits per heavy atom. The van der Waals surface area contributed by atoms with Crippen molar-refractivity contribution in [2.75, 3.05) is 44.4 Å². The van der Waals surface area contributed by atoms with Gasteiger partial charge in [-0.1, -0.05) is 29.3 Å². The van der Waals surface area contributed by atoms with Crippen molar-refractivity contribution in [3.05, 3.63) is 105 Å². The van der Waals surface area contributed by atoms with Crippen molar-refractivity contribution in [2.45, 2.75) is 60.0 Å². The number of benzene rings is 3. The number of amides is 1. The molecule has 0 N–H and O–H groups in total. The number of hydrogen-bond acceptors (Lipinski definition) is 8. The summed E-state index contributed by atoms with van der Waals surface area (Å²) in [5, 5.41) is 7.84. The van der Waals surface area contributed by atoms with Crippen molar-refractivity contribution in [1.29, 1.82) is 0 Å². The zero-order chi connectivity index (χ0) is 42.0. The molecule has 0 aliphatic carbocycles. The largest absolute Gasteiger partial charge is 0.494 e. The van der Waals surface area contributed by atoms with E-state index in [0.29, 0.717) is 62.3 Å². The first-order valence-electron chi connectivity index (χ1n) is 20.5. The number of fused-ring (bicyclic) bond motifs is 4. The lowest BCUT2D eigenvalue weighted by Crippen LogP contribution is -2.42. The van der Waals surface area contributed by atoms with E-state index in [1.807, 2.05) is 71.0 Å². The van der Waals surface area contributed by atoms with Gasteiger partial charge >= 0.3 is 0 Å². The Balaban J connectivity index is 1.16. The first-order valence-corrected chi connectivity index (χ1v) is 21.3. The van der Waals surface area contributed by atoms with Crippen LogP contribution in [0.25, 0.3) is 44.3 Å². The maximum absolute atomic E-state index is 15.4. The van der Waals surface area contributed by atoms with E-state index in [9.17, 15) is 0 Å². The van der Waals surface area contributed by atoms with Crippen LogP contribution in [0.1, 0.15) is 63.8 Å². The summed E-state index contributed by atoms with van der Waals surface area (Å²) in [6, 6.07) is 14.1. The number of nitrogens with zero attached hydrogens (tertiary/aromatic N) is 9. The number of aryl methyl sites for hydroxylation is 7. The van der Waals surface area contributed by atoms with E-state index in [1.54, 1.807) is 11.0 Å². The van der Waals surface area contributed by atoms with E-state index in [2.05, 4.69) is 55.4 Å². The first-order chi connectivity index (χ1) is 28.9. The Morgan fingerprint density at radius 3 is 2.35 bits per heavy atom. The maximum atomic E-state index is 15.4. The minimum Gasteiger partial charge on any atom is -0.494 e. The monoisotopic (exact) mass is 845 g/mol. The predicted molar refractivity (Wildman–Crippen MR) is 238 cm³/mol. The van der Waals surface area contributed by atoms with Crippen LogP contribution in [0.15, 0.2) is 55.0 Å². The number of aromatic nitrogens is 7. The normalized spacial score (nSPS) is 16.1. The van der Waals surface area contributed by atoms with Crippen LogP contribution >= 0.6 is 23.2 Å². The second kappa shape index (κ2) is 16.0. The van der Waals surface area contributed by atoms with Gasteiger partial charge in [0.1, 0.15) is 23.6 Å². The number of halogens is 2. The van der Waals surface area contributed by atoms with Gasteiger partial charge in [-0.2, -0.15) is 5.10 Å². The van der Waals surface area contributed by atoms with Gasteiger partial charge in [-0.3, -0.25) is 14.4 Å². The van der Waals surface area contributed by atoms with E-state index >= 15 is 4.79 Å². The highest BCUT2D eigenvalue weighted by molar-refractivity contribution is 6.35. The molecule has 2 aliphatic heterocycles. The maximum Gasteiger partial charge on any atom is 0.275 e. The van der Waals surface area contributed by atoms with Crippen LogP contribution in [0.5, 0.6) is 5.75 Å². The standard InChI is InChI=1S/C46H49Cl2N9O3/c1-26-19-32(20-27(2)42(26)48)60-16-8-9-33-34-11-12-36(47)41(40-29(4)50-39(51-30(40)5)24-55-14-17-59-18-15-55)43(34)57-28(3)22-56(46(58)44(33)57)38-23-53(6)37-13-10-31(21-35(37)38)45-49-25-54(7)52-45/h10-13,19-21,23,25,28H,8-9,14-18,22,24H2,1-7H3/t28-/m1/s1. The second-order valence-corrected chi connectivity index (χ2v) is 17.1. The van der Waals surface area contributed by atoms with Gasteiger partial charge in [0.15, 0.2) is 5.82 Å². The van der Waals surface area contributed by atoms with E-state index in [-0.39, 0.29) is 11.9 Å². The molecule has 310 valence electrons. The molecule has 0 spiro atoms. The van der Waals surface area contributed by atoms with Gasteiger partial charge < -0.3 is 23.5 Å². The molecule has 9 rings (SSSR count). The molecular formula is C46H49Cl2N9O3. The highest BCUT2D eigenvalue weighted by Gasteiger charge is 2.37. The summed E-state index contributed by atoms with van der Waals surface area (Å²) in [6.07, 6.45) is 5.03. The van der Waals surface area contributed by atoms with Crippen molar-refractivity contribution in [3.63, 3.8) is 0 Å². The Hall–Kier alpha value is -5.27. The first kappa shape index (κ1) is 40.2. The Morgan fingerprint density at radius 1 is 0.917 bits per heavy atom.